The Balaban J connectivity index is 1.92. The van der Waals surface area contributed by atoms with E-state index in [4.69, 9.17) is 4.42 Å². The lowest BCUT2D eigenvalue weighted by Gasteiger charge is -2.14. The molecule has 1 saturated carbocycles. The monoisotopic (exact) mass is 210 g/mol. The normalized spacial score (nSPS) is 25.7. The number of nitrogens with one attached hydrogen (secondary N) is 2. The molecule has 0 saturated heterocycles. The summed E-state index contributed by atoms with van der Waals surface area (Å²) in [5.41, 5.74) is 0. The van der Waals surface area contributed by atoms with Crippen molar-refractivity contribution < 1.29 is 4.42 Å². The van der Waals surface area contributed by atoms with Gasteiger partial charge in [-0.1, -0.05) is 18.4 Å². The van der Waals surface area contributed by atoms with Gasteiger partial charge in [-0.2, -0.15) is 0 Å². The molecule has 15 heavy (non-hydrogen) atoms. The molecule has 0 amide bonds. The lowest BCUT2D eigenvalue weighted by molar-refractivity contribution is 0.471. The molecule has 1 aromatic rings. The number of hydrogen-bond donors (Lipinski definition) is 2. The molecular formula is C10H18N4O. The van der Waals surface area contributed by atoms with Crippen LogP contribution in [0.5, 0.6) is 0 Å². The van der Waals surface area contributed by atoms with E-state index in [-0.39, 0.29) is 0 Å². The van der Waals surface area contributed by atoms with Crippen LogP contribution in [0.4, 0.5) is 6.01 Å². The van der Waals surface area contributed by atoms with Gasteiger partial charge >= 0.3 is 6.01 Å². The van der Waals surface area contributed by atoms with Crippen molar-refractivity contribution in [1.29, 1.82) is 0 Å². The molecule has 2 rings (SSSR count). The maximum absolute atomic E-state index is 5.44. The van der Waals surface area contributed by atoms with Gasteiger partial charge in [-0.3, -0.25) is 0 Å². The molecule has 1 aromatic heterocycles. The lowest BCUT2D eigenvalue weighted by Crippen LogP contribution is -2.21. The molecule has 1 aliphatic rings. The van der Waals surface area contributed by atoms with Crippen molar-refractivity contribution in [2.75, 3.05) is 12.4 Å². The predicted octanol–water partition coefficient (Wildman–Crippen LogP) is 1.39. The minimum atomic E-state index is 0.493. The van der Waals surface area contributed by atoms with Crippen molar-refractivity contribution >= 4 is 6.01 Å². The molecule has 2 unspecified atom stereocenters. The van der Waals surface area contributed by atoms with Gasteiger partial charge in [0.15, 0.2) is 0 Å². The van der Waals surface area contributed by atoms with E-state index in [0.29, 0.717) is 30.4 Å². The van der Waals surface area contributed by atoms with Gasteiger partial charge in [0.05, 0.1) is 6.54 Å². The van der Waals surface area contributed by atoms with Gasteiger partial charge in [0, 0.05) is 6.04 Å². The van der Waals surface area contributed by atoms with Crippen LogP contribution in [0.25, 0.3) is 0 Å². The Labute approximate surface area is 89.6 Å². The Hall–Kier alpha value is -1.10. The summed E-state index contributed by atoms with van der Waals surface area (Å²) in [4.78, 5) is 0. The van der Waals surface area contributed by atoms with Crippen LogP contribution >= 0.6 is 0 Å². The maximum Gasteiger partial charge on any atom is 0.315 e. The molecule has 1 heterocycles. The highest BCUT2D eigenvalue weighted by molar-refractivity contribution is 5.20. The second-order valence-electron chi connectivity index (χ2n) is 4.19. The summed E-state index contributed by atoms with van der Waals surface area (Å²) >= 11 is 0. The fourth-order valence-corrected chi connectivity index (χ4v) is 2.05. The topological polar surface area (TPSA) is 63.0 Å². The van der Waals surface area contributed by atoms with Crippen LogP contribution in [0.3, 0.4) is 0 Å². The summed E-state index contributed by atoms with van der Waals surface area (Å²) in [6, 6.07) is 1.05. The first kappa shape index (κ1) is 10.4. The minimum absolute atomic E-state index is 0.493. The summed E-state index contributed by atoms with van der Waals surface area (Å²) in [5, 5.41) is 14.2. The quantitative estimate of drug-likeness (QED) is 0.786. The first-order valence-corrected chi connectivity index (χ1v) is 5.53. The van der Waals surface area contributed by atoms with Crippen molar-refractivity contribution in [3.63, 3.8) is 0 Å². The fourth-order valence-electron chi connectivity index (χ4n) is 2.05. The largest absolute Gasteiger partial charge is 0.407 e. The van der Waals surface area contributed by atoms with Gasteiger partial charge in [-0.05, 0) is 25.8 Å². The highest BCUT2D eigenvalue weighted by Gasteiger charge is 2.24. The molecule has 2 atom stereocenters. The van der Waals surface area contributed by atoms with Gasteiger partial charge in [-0.25, -0.2) is 0 Å². The number of hydrogen-bond acceptors (Lipinski definition) is 5. The molecule has 1 aliphatic carbocycles. The first-order chi connectivity index (χ1) is 7.29. The van der Waals surface area contributed by atoms with Crippen LogP contribution in [0.1, 0.15) is 32.1 Å². The Morgan fingerprint density at radius 2 is 2.27 bits per heavy atom. The van der Waals surface area contributed by atoms with Crippen LogP contribution < -0.4 is 10.6 Å². The number of rotatable bonds is 4. The van der Waals surface area contributed by atoms with Gasteiger partial charge in [0.25, 0.3) is 0 Å². The van der Waals surface area contributed by atoms with Crippen LogP contribution in [0.2, 0.25) is 0 Å². The second kappa shape index (κ2) is 4.61. The van der Waals surface area contributed by atoms with Crippen molar-refractivity contribution in [1.82, 2.24) is 15.5 Å². The summed E-state index contributed by atoms with van der Waals surface area (Å²) in [5.74, 6) is 1.33. The van der Waals surface area contributed by atoms with Crippen LogP contribution in [0.15, 0.2) is 4.42 Å². The molecule has 1 fully saturated rings. The zero-order valence-electron chi connectivity index (χ0n) is 9.29. The summed E-state index contributed by atoms with van der Waals surface area (Å²) < 4.78 is 5.44. The van der Waals surface area contributed by atoms with Crippen LogP contribution in [-0.2, 0) is 6.54 Å². The molecule has 0 spiro atoms. The number of aromatic nitrogens is 2. The second-order valence-corrected chi connectivity index (χ2v) is 4.19. The molecule has 0 radical (unpaired) electrons. The standard InChI is InChI=1S/C10H18N4O/c1-7-4-3-5-8(7)12-10-14-13-9(15-10)6-11-2/h7-8,11H,3-6H2,1-2H3,(H,12,14). The minimum Gasteiger partial charge on any atom is -0.407 e. The van der Waals surface area contributed by atoms with E-state index >= 15 is 0 Å². The average molecular weight is 210 g/mol. The average Bonchev–Trinajstić information content (AvgIpc) is 2.79. The Morgan fingerprint density at radius 1 is 1.40 bits per heavy atom. The molecular weight excluding hydrogens is 192 g/mol. The smallest absolute Gasteiger partial charge is 0.315 e. The van der Waals surface area contributed by atoms with E-state index in [1.54, 1.807) is 0 Å². The van der Waals surface area contributed by atoms with Crippen LogP contribution in [0, 0.1) is 5.92 Å². The third-order valence-corrected chi connectivity index (χ3v) is 2.97. The molecule has 84 valence electrons. The first-order valence-electron chi connectivity index (χ1n) is 5.53. The van der Waals surface area contributed by atoms with Crippen molar-refractivity contribution in [2.24, 2.45) is 5.92 Å². The van der Waals surface area contributed by atoms with E-state index in [9.17, 15) is 0 Å². The number of nitrogens with zero attached hydrogens (tertiary/aromatic N) is 2. The van der Waals surface area contributed by atoms with Gasteiger partial charge in [0.1, 0.15) is 0 Å². The predicted molar refractivity (Wildman–Crippen MR) is 57.5 cm³/mol. The van der Waals surface area contributed by atoms with E-state index < -0.39 is 0 Å². The SMILES string of the molecule is CNCc1nnc(NC2CCCC2C)o1. The van der Waals surface area contributed by atoms with Crippen molar-refractivity contribution in [2.45, 2.75) is 38.8 Å². The van der Waals surface area contributed by atoms with Gasteiger partial charge in [0.2, 0.25) is 5.89 Å². The van der Waals surface area contributed by atoms with Gasteiger partial charge < -0.3 is 15.1 Å². The lowest BCUT2D eigenvalue weighted by atomic mass is 10.1. The molecule has 0 aromatic carbocycles. The maximum atomic E-state index is 5.44. The van der Waals surface area contributed by atoms with E-state index in [1.165, 1.54) is 19.3 Å². The van der Waals surface area contributed by atoms with Crippen LogP contribution in [-0.4, -0.2) is 23.3 Å². The molecule has 2 N–H and O–H groups in total. The Kier molecular flexibility index (Phi) is 3.20. The van der Waals surface area contributed by atoms with E-state index in [2.05, 4.69) is 27.8 Å². The molecule has 5 nitrogen and oxygen atoms in total. The third kappa shape index (κ3) is 2.47. The highest BCUT2D eigenvalue weighted by atomic mass is 16.4. The Bertz CT molecular complexity index is 312. The fraction of sp³-hybridized carbons (Fsp3) is 0.800. The Morgan fingerprint density at radius 3 is 2.93 bits per heavy atom. The zero-order valence-corrected chi connectivity index (χ0v) is 9.29. The summed E-state index contributed by atoms with van der Waals surface area (Å²) in [6.07, 6.45) is 3.77. The number of anilines is 1. The van der Waals surface area contributed by atoms with Crippen molar-refractivity contribution in [3.8, 4) is 0 Å². The summed E-state index contributed by atoms with van der Waals surface area (Å²) in [7, 11) is 1.86. The van der Waals surface area contributed by atoms with Crippen molar-refractivity contribution in [3.05, 3.63) is 5.89 Å². The van der Waals surface area contributed by atoms with E-state index in [1.807, 2.05) is 7.05 Å². The van der Waals surface area contributed by atoms with E-state index in [0.717, 1.165) is 0 Å². The highest BCUT2D eigenvalue weighted by Crippen LogP contribution is 2.27. The zero-order chi connectivity index (χ0) is 10.7. The van der Waals surface area contributed by atoms with Gasteiger partial charge in [-0.15, -0.1) is 5.10 Å². The molecule has 0 aliphatic heterocycles. The molecule has 0 bridgehead atoms. The third-order valence-electron chi connectivity index (χ3n) is 2.97. The molecule has 5 heteroatoms. The summed E-state index contributed by atoms with van der Waals surface area (Å²) in [6.45, 7) is 2.88.